The van der Waals surface area contributed by atoms with E-state index in [0.717, 1.165) is 55.5 Å². The van der Waals surface area contributed by atoms with Gasteiger partial charge < -0.3 is 14.8 Å². The van der Waals surface area contributed by atoms with Gasteiger partial charge in [0.1, 0.15) is 30.1 Å². The molecule has 12 heteroatoms. The summed E-state index contributed by atoms with van der Waals surface area (Å²) in [5.41, 5.74) is -4.97. The first-order chi connectivity index (χ1) is 17.9. The topological polar surface area (TPSA) is 112 Å². The van der Waals surface area contributed by atoms with Crippen LogP contribution in [0.15, 0.2) is 60.7 Å². The van der Waals surface area contributed by atoms with E-state index >= 15 is 0 Å². The van der Waals surface area contributed by atoms with Gasteiger partial charge in [-0.3, -0.25) is 4.79 Å². The van der Waals surface area contributed by atoms with E-state index in [2.05, 4.69) is 5.32 Å². The zero-order valence-corrected chi connectivity index (χ0v) is 19.4. The average molecular weight is 529 g/mol. The van der Waals surface area contributed by atoms with Crippen LogP contribution in [0.25, 0.3) is 0 Å². The fourth-order valence-electron chi connectivity index (χ4n) is 3.11. The fraction of sp³-hybridized carbons (Fsp3) is 0.154. The summed E-state index contributed by atoms with van der Waals surface area (Å²) in [6.45, 7) is 0.359. The number of nitriles is 2. The van der Waals surface area contributed by atoms with Gasteiger partial charge in [-0.1, -0.05) is 0 Å². The Kier molecular flexibility index (Phi) is 7.97. The Bertz CT molecular complexity index is 1460. The molecule has 1 atom stereocenters. The summed E-state index contributed by atoms with van der Waals surface area (Å²) in [5.74, 6) is -3.92. The van der Waals surface area contributed by atoms with Crippen LogP contribution < -0.4 is 10.1 Å². The number of ether oxygens (including phenoxy) is 2. The van der Waals surface area contributed by atoms with Gasteiger partial charge in [-0.15, -0.1) is 0 Å². The molecule has 7 nitrogen and oxygen atoms in total. The van der Waals surface area contributed by atoms with Crippen molar-refractivity contribution in [3.63, 3.8) is 0 Å². The highest BCUT2D eigenvalue weighted by Gasteiger charge is 2.40. The Hall–Kier alpha value is -4.97. The van der Waals surface area contributed by atoms with Crippen LogP contribution >= 0.6 is 0 Å². The first-order valence-electron chi connectivity index (χ1n) is 10.6. The molecular weight excluding hydrogens is 513 g/mol. The predicted molar refractivity (Wildman–Crippen MR) is 122 cm³/mol. The highest BCUT2D eigenvalue weighted by atomic mass is 19.4. The number of nitrogens with zero attached hydrogens (tertiary/aromatic N) is 2. The van der Waals surface area contributed by atoms with Gasteiger partial charge in [-0.05, 0) is 61.5 Å². The van der Waals surface area contributed by atoms with E-state index in [1.54, 1.807) is 6.07 Å². The molecule has 0 bridgehead atoms. The van der Waals surface area contributed by atoms with Gasteiger partial charge in [0.2, 0.25) is 5.60 Å². The predicted octanol–water partition coefficient (Wildman–Crippen LogP) is 5.36. The molecule has 0 aliphatic rings. The quantitative estimate of drug-likeness (QED) is 0.326. The molecule has 0 heterocycles. The number of anilines is 1. The second-order valence-electron chi connectivity index (χ2n) is 7.99. The van der Waals surface area contributed by atoms with Gasteiger partial charge in [0.25, 0.3) is 5.91 Å². The summed E-state index contributed by atoms with van der Waals surface area (Å²) >= 11 is 0. The van der Waals surface area contributed by atoms with Crippen LogP contribution in [-0.2, 0) is 15.7 Å². The number of alkyl halides is 3. The Labute approximate surface area is 212 Å². The molecule has 0 unspecified atom stereocenters. The zero-order chi connectivity index (χ0) is 28.1. The third-order valence-corrected chi connectivity index (χ3v) is 5.16. The van der Waals surface area contributed by atoms with Crippen LogP contribution in [0.4, 0.5) is 27.6 Å². The van der Waals surface area contributed by atoms with Crippen LogP contribution in [0.5, 0.6) is 5.75 Å². The van der Waals surface area contributed by atoms with Crippen LogP contribution in [0.3, 0.4) is 0 Å². The molecule has 1 amide bonds. The lowest BCUT2D eigenvalue weighted by Crippen LogP contribution is -2.49. The molecule has 0 fully saturated rings. The monoisotopic (exact) mass is 529 g/mol. The van der Waals surface area contributed by atoms with E-state index in [-0.39, 0.29) is 22.6 Å². The van der Waals surface area contributed by atoms with Crippen molar-refractivity contribution < 1.29 is 41.0 Å². The van der Waals surface area contributed by atoms with Crippen molar-refractivity contribution in [3.8, 4) is 17.9 Å². The van der Waals surface area contributed by atoms with Crippen LogP contribution in [0, 0.1) is 34.3 Å². The van der Waals surface area contributed by atoms with Crippen molar-refractivity contribution in [2.45, 2.75) is 18.7 Å². The van der Waals surface area contributed by atoms with E-state index < -0.39 is 53.0 Å². The average Bonchev–Trinajstić information content (AvgIpc) is 2.87. The standard InChI is InChI=1S/C26H16F5N3O4/c1-25(38-23(35)15-2-6-18(27)7-3-15,14-37-20-9-5-17(13-33)22(28)11-20)24(36)34-19-8-4-16(12-32)21(10-19)26(29,30)31/h2-11H,14H2,1H3,(H,34,36)/t25-/m0/s1. The number of benzene rings is 3. The highest BCUT2D eigenvalue weighted by Crippen LogP contribution is 2.34. The molecule has 3 aromatic carbocycles. The summed E-state index contributed by atoms with van der Waals surface area (Å²) < 4.78 is 77.9. The smallest absolute Gasteiger partial charge is 0.417 e. The second-order valence-corrected chi connectivity index (χ2v) is 7.99. The molecule has 3 aromatic rings. The minimum atomic E-state index is -4.90. The summed E-state index contributed by atoms with van der Waals surface area (Å²) in [6, 6.07) is 12.8. The molecule has 3 rings (SSSR count). The van der Waals surface area contributed by atoms with Crippen molar-refractivity contribution in [2.75, 3.05) is 11.9 Å². The maximum atomic E-state index is 14.0. The van der Waals surface area contributed by atoms with E-state index in [1.807, 2.05) is 0 Å². The number of carbonyl (C=O) groups excluding carboxylic acids is 2. The minimum absolute atomic E-state index is 0.143. The van der Waals surface area contributed by atoms with E-state index in [1.165, 1.54) is 12.1 Å². The van der Waals surface area contributed by atoms with Crippen molar-refractivity contribution >= 4 is 17.6 Å². The number of hydrogen-bond donors (Lipinski definition) is 1. The Morgan fingerprint density at radius 3 is 2.13 bits per heavy atom. The van der Waals surface area contributed by atoms with Gasteiger partial charge in [-0.2, -0.15) is 23.7 Å². The van der Waals surface area contributed by atoms with Gasteiger partial charge in [-0.25, -0.2) is 13.6 Å². The molecule has 0 saturated carbocycles. The van der Waals surface area contributed by atoms with Crippen molar-refractivity contribution in [1.29, 1.82) is 10.5 Å². The summed E-state index contributed by atoms with van der Waals surface area (Å²) in [5, 5.41) is 20.0. The molecule has 38 heavy (non-hydrogen) atoms. The van der Waals surface area contributed by atoms with E-state index in [9.17, 15) is 31.5 Å². The van der Waals surface area contributed by atoms with Gasteiger partial charge in [0.05, 0.1) is 28.3 Å². The van der Waals surface area contributed by atoms with Crippen LogP contribution in [-0.4, -0.2) is 24.1 Å². The minimum Gasteiger partial charge on any atom is -0.489 e. The maximum Gasteiger partial charge on any atom is 0.417 e. The number of hydrogen-bond acceptors (Lipinski definition) is 6. The van der Waals surface area contributed by atoms with Gasteiger partial charge in [0, 0.05) is 11.8 Å². The van der Waals surface area contributed by atoms with Gasteiger partial charge >= 0.3 is 12.1 Å². The third kappa shape index (κ3) is 6.42. The number of esters is 1. The zero-order valence-electron chi connectivity index (χ0n) is 19.4. The lowest BCUT2D eigenvalue weighted by atomic mass is 10.0. The van der Waals surface area contributed by atoms with Crippen molar-refractivity contribution in [2.24, 2.45) is 0 Å². The Morgan fingerprint density at radius 2 is 1.55 bits per heavy atom. The second kappa shape index (κ2) is 11.0. The molecule has 194 valence electrons. The first-order valence-corrected chi connectivity index (χ1v) is 10.6. The van der Waals surface area contributed by atoms with Crippen molar-refractivity contribution in [3.05, 3.63) is 94.6 Å². The van der Waals surface area contributed by atoms with Crippen LogP contribution in [0.1, 0.15) is 34.0 Å². The molecule has 0 aliphatic carbocycles. The molecule has 0 aromatic heterocycles. The van der Waals surface area contributed by atoms with Gasteiger partial charge in [0.15, 0.2) is 0 Å². The largest absolute Gasteiger partial charge is 0.489 e. The molecule has 0 saturated heterocycles. The number of rotatable bonds is 7. The molecule has 0 radical (unpaired) electrons. The number of carbonyl (C=O) groups is 2. The number of halogens is 5. The highest BCUT2D eigenvalue weighted by molar-refractivity contribution is 6.00. The normalized spacial score (nSPS) is 12.4. The molecule has 0 aliphatic heterocycles. The third-order valence-electron chi connectivity index (χ3n) is 5.16. The summed E-state index contributed by atoms with van der Waals surface area (Å²) in [6.07, 6.45) is -4.90. The lowest BCUT2D eigenvalue weighted by molar-refractivity contribution is -0.138. The SMILES string of the molecule is C[C@@](COc1ccc(C#N)c(F)c1)(OC(=O)c1ccc(F)cc1)C(=O)Nc1ccc(C#N)c(C(F)(F)F)c1. The molecule has 1 N–H and O–H groups in total. The van der Waals surface area contributed by atoms with E-state index in [0.29, 0.717) is 6.07 Å². The maximum absolute atomic E-state index is 14.0. The fourth-order valence-corrected chi connectivity index (χ4v) is 3.11. The number of nitrogens with one attached hydrogen (secondary N) is 1. The van der Waals surface area contributed by atoms with E-state index in [4.69, 9.17) is 20.0 Å². The first kappa shape index (κ1) is 27.6. The van der Waals surface area contributed by atoms with Crippen LogP contribution in [0.2, 0.25) is 0 Å². The lowest BCUT2D eigenvalue weighted by Gasteiger charge is -2.28. The Morgan fingerprint density at radius 1 is 0.921 bits per heavy atom. The number of amides is 1. The molecular formula is C26H16F5N3O4. The summed E-state index contributed by atoms with van der Waals surface area (Å²) in [7, 11) is 0. The Balaban J connectivity index is 1.91. The van der Waals surface area contributed by atoms with Crippen molar-refractivity contribution in [1.82, 2.24) is 0 Å². The summed E-state index contributed by atoms with van der Waals surface area (Å²) in [4.78, 5) is 25.9. The molecule has 0 spiro atoms.